The van der Waals surface area contributed by atoms with E-state index in [1.807, 2.05) is 0 Å². The highest BCUT2D eigenvalue weighted by Crippen LogP contribution is 2.32. The summed E-state index contributed by atoms with van der Waals surface area (Å²) in [5.41, 5.74) is 0. The number of nitrogens with zero attached hydrogens (tertiary/aromatic N) is 1. The van der Waals surface area contributed by atoms with Gasteiger partial charge >= 0.3 is 0 Å². The average Bonchev–Trinajstić information content (AvgIpc) is 2.29. The monoisotopic (exact) mass is 225 g/mol. The Kier molecular flexibility index (Phi) is 4.26. The summed E-state index contributed by atoms with van der Waals surface area (Å²) in [6.07, 6.45) is 10.1. The van der Waals surface area contributed by atoms with Crippen LogP contribution in [0.3, 0.4) is 0 Å². The molecule has 0 aromatic heterocycles. The van der Waals surface area contributed by atoms with E-state index in [2.05, 4.69) is 18.9 Å². The molecule has 2 nitrogen and oxygen atoms in total. The third-order valence-corrected chi connectivity index (χ3v) is 4.81. The molecule has 0 aliphatic heterocycles. The first-order chi connectivity index (χ1) is 7.70. The van der Waals surface area contributed by atoms with E-state index in [0.717, 1.165) is 12.3 Å². The molecule has 0 saturated heterocycles. The molecule has 16 heavy (non-hydrogen) atoms. The molecule has 0 heterocycles. The van der Waals surface area contributed by atoms with Crippen molar-refractivity contribution >= 4 is 0 Å². The van der Waals surface area contributed by atoms with Crippen molar-refractivity contribution in [2.45, 2.75) is 76.5 Å². The van der Waals surface area contributed by atoms with E-state index in [1.165, 1.54) is 44.9 Å². The second-order valence-corrected chi connectivity index (χ2v) is 5.91. The van der Waals surface area contributed by atoms with Crippen LogP contribution < -0.4 is 0 Å². The first kappa shape index (κ1) is 12.4. The molecule has 2 rings (SSSR count). The smallest absolute Gasteiger partial charge is 0.0695 e. The van der Waals surface area contributed by atoms with E-state index < -0.39 is 0 Å². The Morgan fingerprint density at radius 2 is 1.44 bits per heavy atom. The fourth-order valence-corrected chi connectivity index (χ4v) is 3.71. The van der Waals surface area contributed by atoms with E-state index in [9.17, 15) is 5.11 Å². The Bertz CT molecular complexity index is 197. The molecule has 2 unspecified atom stereocenters. The normalized spacial score (nSPS) is 41.2. The van der Waals surface area contributed by atoms with Gasteiger partial charge in [0.15, 0.2) is 0 Å². The molecular weight excluding hydrogens is 198 g/mol. The molecule has 4 atom stereocenters. The minimum absolute atomic E-state index is 0.0760. The maximum atomic E-state index is 10.1. The van der Waals surface area contributed by atoms with Gasteiger partial charge in [0.2, 0.25) is 0 Å². The highest BCUT2D eigenvalue weighted by atomic mass is 16.3. The molecule has 1 N–H and O–H groups in total. The quantitative estimate of drug-likeness (QED) is 0.781. The van der Waals surface area contributed by atoms with Crippen molar-refractivity contribution < 1.29 is 5.11 Å². The second-order valence-electron chi connectivity index (χ2n) is 5.91. The molecule has 0 aromatic carbocycles. The standard InChI is InChI=1S/C14H27NO/c1-11-7-3-4-8-12(11)15(2)13-9-5-6-10-14(13)16/h11-14,16H,3-10H2,1-2H3/t11?,12?,13-,14-/m0/s1. The molecule has 2 aliphatic rings. The highest BCUT2D eigenvalue weighted by molar-refractivity contribution is 4.88. The highest BCUT2D eigenvalue weighted by Gasteiger charge is 2.33. The number of hydrogen-bond donors (Lipinski definition) is 1. The van der Waals surface area contributed by atoms with Crippen LogP contribution in [-0.2, 0) is 0 Å². The fourth-order valence-electron chi connectivity index (χ4n) is 3.71. The topological polar surface area (TPSA) is 23.5 Å². The Balaban J connectivity index is 1.96. The SMILES string of the molecule is CC1CCCCC1N(C)[C@H]1CCCC[C@@H]1O. The van der Waals surface area contributed by atoms with Crippen LogP contribution in [0.2, 0.25) is 0 Å². The minimum atomic E-state index is -0.0760. The van der Waals surface area contributed by atoms with E-state index >= 15 is 0 Å². The van der Waals surface area contributed by atoms with E-state index in [0.29, 0.717) is 12.1 Å². The number of aliphatic hydroxyl groups is 1. The molecule has 0 bridgehead atoms. The molecule has 2 heteroatoms. The average molecular weight is 225 g/mol. The van der Waals surface area contributed by atoms with Crippen LogP contribution in [0.25, 0.3) is 0 Å². The van der Waals surface area contributed by atoms with Crippen LogP contribution in [0.5, 0.6) is 0 Å². The van der Waals surface area contributed by atoms with Crippen LogP contribution in [0.1, 0.15) is 58.3 Å². The summed E-state index contributed by atoms with van der Waals surface area (Å²) in [6.45, 7) is 2.38. The van der Waals surface area contributed by atoms with Crippen molar-refractivity contribution in [3.8, 4) is 0 Å². The summed E-state index contributed by atoms with van der Waals surface area (Å²) in [7, 11) is 2.24. The summed E-state index contributed by atoms with van der Waals surface area (Å²) in [6, 6.07) is 1.14. The first-order valence-electron chi connectivity index (χ1n) is 7.10. The van der Waals surface area contributed by atoms with Gasteiger partial charge in [0.1, 0.15) is 0 Å². The number of aliphatic hydroxyl groups excluding tert-OH is 1. The molecule has 2 fully saturated rings. The van der Waals surface area contributed by atoms with Crippen molar-refractivity contribution in [3.63, 3.8) is 0 Å². The molecule has 2 saturated carbocycles. The molecule has 0 radical (unpaired) electrons. The van der Waals surface area contributed by atoms with Crippen molar-refractivity contribution in [1.82, 2.24) is 4.90 Å². The Morgan fingerprint density at radius 1 is 0.875 bits per heavy atom. The van der Waals surface area contributed by atoms with Gasteiger partial charge in [-0.2, -0.15) is 0 Å². The van der Waals surface area contributed by atoms with Crippen molar-refractivity contribution in [2.24, 2.45) is 5.92 Å². The predicted octanol–water partition coefficient (Wildman–Crippen LogP) is 2.80. The second kappa shape index (κ2) is 5.50. The zero-order valence-corrected chi connectivity index (χ0v) is 10.9. The van der Waals surface area contributed by atoms with E-state index in [1.54, 1.807) is 0 Å². The lowest BCUT2D eigenvalue weighted by atomic mass is 9.82. The Hall–Kier alpha value is -0.0800. The maximum absolute atomic E-state index is 10.1. The van der Waals surface area contributed by atoms with Gasteiger partial charge in [-0.25, -0.2) is 0 Å². The van der Waals surface area contributed by atoms with Gasteiger partial charge in [-0.1, -0.05) is 32.6 Å². The van der Waals surface area contributed by atoms with Gasteiger partial charge in [0.25, 0.3) is 0 Å². The van der Waals surface area contributed by atoms with Gasteiger partial charge < -0.3 is 5.11 Å². The predicted molar refractivity (Wildman–Crippen MR) is 67.4 cm³/mol. The largest absolute Gasteiger partial charge is 0.391 e. The summed E-state index contributed by atoms with van der Waals surface area (Å²) in [5, 5.41) is 10.1. The molecular formula is C14H27NO. The molecule has 94 valence electrons. The third-order valence-electron chi connectivity index (χ3n) is 4.81. The molecule has 0 spiro atoms. The molecule has 0 amide bonds. The summed E-state index contributed by atoms with van der Waals surface area (Å²) >= 11 is 0. The summed E-state index contributed by atoms with van der Waals surface area (Å²) in [5.74, 6) is 0.813. The number of likely N-dealkylation sites (N-methyl/N-ethyl adjacent to an activating group) is 1. The zero-order valence-electron chi connectivity index (χ0n) is 10.9. The van der Waals surface area contributed by atoms with Gasteiger partial charge in [-0.05, 0) is 38.6 Å². The van der Waals surface area contributed by atoms with Crippen molar-refractivity contribution in [3.05, 3.63) is 0 Å². The van der Waals surface area contributed by atoms with Crippen molar-refractivity contribution in [1.29, 1.82) is 0 Å². The first-order valence-corrected chi connectivity index (χ1v) is 7.10. The van der Waals surface area contributed by atoms with Crippen molar-refractivity contribution in [2.75, 3.05) is 7.05 Å². The van der Waals surface area contributed by atoms with E-state index in [4.69, 9.17) is 0 Å². The lowest BCUT2D eigenvalue weighted by Crippen LogP contribution is -2.51. The lowest BCUT2D eigenvalue weighted by molar-refractivity contribution is -0.00738. The zero-order chi connectivity index (χ0) is 11.5. The van der Waals surface area contributed by atoms with Crippen LogP contribution in [0.15, 0.2) is 0 Å². The minimum Gasteiger partial charge on any atom is -0.391 e. The summed E-state index contributed by atoms with van der Waals surface area (Å²) in [4.78, 5) is 2.51. The Labute approximate surface area is 100 Å². The lowest BCUT2D eigenvalue weighted by Gasteiger charge is -2.44. The number of rotatable bonds is 2. The fraction of sp³-hybridized carbons (Fsp3) is 1.00. The van der Waals surface area contributed by atoms with Crippen LogP contribution in [-0.4, -0.2) is 35.2 Å². The Morgan fingerprint density at radius 3 is 2.06 bits per heavy atom. The molecule has 2 aliphatic carbocycles. The van der Waals surface area contributed by atoms with Gasteiger partial charge in [-0.3, -0.25) is 4.90 Å². The van der Waals surface area contributed by atoms with Crippen LogP contribution >= 0.6 is 0 Å². The van der Waals surface area contributed by atoms with Crippen LogP contribution in [0.4, 0.5) is 0 Å². The van der Waals surface area contributed by atoms with Gasteiger partial charge in [0.05, 0.1) is 6.10 Å². The maximum Gasteiger partial charge on any atom is 0.0695 e. The molecule has 0 aromatic rings. The van der Waals surface area contributed by atoms with Gasteiger partial charge in [-0.15, -0.1) is 0 Å². The van der Waals surface area contributed by atoms with E-state index in [-0.39, 0.29) is 6.10 Å². The van der Waals surface area contributed by atoms with Crippen LogP contribution in [0, 0.1) is 5.92 Å². The number of hydrogen-bond acceptors (Lipinski definition) is 2. The third kappa shape index (κ3) is 2.60. The van der Waals surface area contributed by atoms with Gasteiger partial charge in [0, 0.05) is 12.1 Å². The summed E-state index contributed by atoms with van der Waals surface area (Å²) < 4.78 is 0.